The van der Waals surface area contributed by atoms with Crippen molar-refractivity contribution in [1.82, 2.24) is 10.4 Å². The minimum atomic E-state index is -0.478. The van der Waals surface area contributed by atoms with E-state index in [1.807, 2.05) is 25.2 Å². The van der Waals surface area contributed by atoms with Gasteiger partial charge in [-0.05, 0) is 47.0 Å². The first-order chi connectivity index (χ1) is 13.1. The zero-order valence-electron chi connectivity index (χ0n) is 15.9. The van der Waals surface area contributed by atoms with E-state index in [1.165, 1.54) is 23.1 Å². The number of rotatable bonds is 3. The summed E-state index contributed by atoms with van der Waals surface area (Å²) in [4.78, 5) is 19.3. The van der Waals surface area contributed by atoms with Crippen LogP contribution in [0.15, 0.2) is 41.6 Å². The number of thiocarbonyl (C=S) groups is 1. The van der Waals surface area contributed by atoms with E-state index in [0.29, 0.717) is 19.3 Å². The molecule has 28 heavy (non-hydrogen) atoms. The number of benzene rings is 1. The van der Waals surface area contributed by atoms with Crippen molar-refractivity contribution in [3.8, 4) is 0 Å². The van der Waals surface area contributed by atoms with E-state index >= 15 is 0 Å². The Hall–Kier alpha value is -1.45. The van der Waals surface area contributed by atoms with Gasteiger partial charge in [0.05, 0.1) is 0 Å². The van der Waals surface area contributed by atoms with Gasteiger partial charge < -0.3 is 4.84 Å². The van der Waals surface area contributed by atoms with E-state index in [1.54, 1.807) is 23.2 Å². The Morgan fingerprint density at radius 1 is 1.25 bits per heavy atom. The minimum absolute atomic E-state index is 0.0192. The van der Waals surface area contributed by atoms with Gasteiger partial charge in [-0.1, -0.05) is 61.9 Å². The molecule has 1 aromatic carbocycles. The highest BCUT2D eigenvalue weighted by molar-refractivity contribution is 8.33. The summed E-state index contributed by atoms with van der Waals surface area (Å²) in [5.74, 6) is -0.478. The molecule has 0 amide bonds. The second kappa shape index (κ2) is 8.51. The van der Waals surface area contributed by atoms with Gasteiger partial charge in [0.15, 0.2) is 4.32 Å². The summed E-state index contributed by atoms with van der Waals surface area (Å²) in [7, 11) is 1.83. The molecule has 1 fully saturated rings. The van der Waals surface area contributed by atoms with Crippen LogP contribution in [0.5, 0.6) is 0 Å². The molecule has 0 aliphatic carbocycles. The number of nitrogens with one attached hydrogen (secondary N) is 1. The number of hydrogen-bond acceptors (Lipinski definition) is 7. The molecule has 0 unspecified atom stereocenters. The Labute approximate surface area is 183 Å². The third kappa shape index (κ3) is 4.93. The van der Waals surface area contributed by atoms with Crippen molar-refractivity contribution >= 4 is 62.3 Å². The molecule has 0 bridgehead atoms. The summed E-state index contributed by atoms with van der Waals surface area (Å²) < 4.78 is 0.589. The maximum atomic E-state index is 12.5. The lowest BCUT2D eigenvalue weighted by molar-refractivity contribution is 0.0521. The maximum absolute atomic E-state index is 12.5. The first-order valence-electron chi connectivity index (χ1n) is 8.52. The Kier molecular flexibility index (Phi) is 6.46. The second-order valence-electron chi connectivity index (χ2n) is 7.26. The molecular formula is C19H20ClN3O2S3. The largest absolute Gasteiger partial charge is 0.375 e. The number of thioether (sulfide) groups is 1. The van der Waals surface area contributed by atoms with Gasteiger partial charge in [-0.3, -0.25) is 5.01 Å². The SMILES string of the molecule is CN1N[C@@H](c2ccc(Cl)cc2)/C(=N/OC(=O)c2ccc(C(C)(C)C)s2)SC1=S. The standard InChI is InChI=1S/C19H20ClN3O2S3/c1-19(2,3)14-10-9-13(27-14)17(24)25-22-16-15(21-23(4)18(26)28-16)11-5-7-12(20)8-6-11/h5-10,15,21H,1-4H3/b22-16-/t15-/m0/s1. The Morgan fingerprint density at radius 3 is 2.54 bits per heavy atom. The molecule has 1 aliphatic rings. The fraction of sp³-hybridized carbons (Fsp3) is 0.316. The molecule has 1 N–H and O–H groups in total. The minimum Gasteiger partial charge on any atom is -0.311 e. The normalized spacial score (nSPS) is 19.2. The van der Waals surface area contributed by atoms with Gasteiger partial charge in [0.2, 0.25) is 0 Å². The first-order valence-corrected chi connectivity index (χ1v) is 10.9. The third-order valence-corrected chi connectivity index (χ3v) is 7.24. The van der Waals surface area contributed by atoms with E-state index in [0.717, 1.165) is 10.4 Å². The molecule has 148 valence electrons. The molecule has 1 atom stereocenters. The summed E-state index contributed by atoms with van der Waals surface area (Å²) >= 11 is 14.0. The first kappa shape index (κ1) is 21.3. The molecule has 1 aromatic heterocycles. The summed E-state index contributed by atoms with van der Waals surface area (Å²) in [6.45, 7) is 6.31. The Balaban J connectivity index is 1.80. The lowest BCUT2D eigenvalue weighted by Crippen LogP contribution is -2.47. The zero-order valence-corrected chi connectivity index (χ0v) is 19.1. The quantitative estimate of drug-likeness (QED) is 0.382. The molecule has 9 heteroatoms. The third-order valence-electron chi connectivity index (χ3n) is 4.00. The fourth-order valence-corrected chi connectivity index (χ4v) is 4.56. The topological polar surface area (TPSA) is 53.9 Å². The molecule has 0 saturated carbocycles. The monoisotopic (exact) mass is 453 g/mol. The number of oxime groups is 1. The molecule has 0 radical (unpaired) electrons. The highest BCUT2D eigenvalue weighted by Gasteiger charge is 2.30. The van der Waals surface area contributed by atoms with Gasteiger partial charge in [-0.2, -0.15) is 0 Å². The van der Waals surface area contributed by atoms with Gasteiger partial charge in [0, 0.05) is 16.9 Å². The van der Waals surface area contributed by atoms with Crippen LogP contribution < -0.4 is 5.43 Å². The number of carbonyl (C=O) groups excluding carboxylic acids is 1. The summed E-state index contributed by atoms with van der Waals surface area (Å²) in [5.41, 5.74) is 4.17. The molecular weight excluding hydrogens is 434 g/mol. The average Bonchev–Trinajstić information content (AvgIpc) is 3.13. The van der Waals surface area contributed by atoms with E-state index in [4.69, 9.17) is 28.7 Å². The molecule has 3 rings (SSSR count). The Bertz CT molecular complexity index is 919. The number of carbonyl (C=O) groups is 1. The maximum Gasteiger partial charge on any atom is 0.375 e. The van der Waals surface area contributed by atoms with Gasteiger partial charge in [0.25, 0.3) is 0 Å². The van der Waals surface area contributed by atoms with Crippen molar-refractivity contribution in [2.75, 3.05) is 7.05 Å². The zero-order chi connectivity index (χ0) is 20.5. The predicted octanol–water partition coefficient (Wildman–Crippen LogP) is 5.38. The number of thiophene rings is 1. The lowest BCUT2D eigenvalue weighted by atomic mass is 9.95. The van der Waals surface area contributed by atoms with Crippen LogP contribution in [0.4, 0.5) is 0 Å². The molecule has 5 nitrogen and oxygen atoms in total. The van der Waals surface area contributed by atoms with Crippen LogP contribution >= 0.6 is 46.9 Å². The van der Waals surface area contributed by atoms with Crippen LogP contribution in [0, 0.1) is 0 Å². The number of nitrogens with zero attached hydrogens (tertiary/aromatic N) is 2. The van der Waals surface area contributed by atoms with E-state index in [2.05, 4.69) is 31.4 Å². The van der Waals surface area contributed by atoms with Crippen molar-refractivity contribution < 1.29 is 9.63 Å². The highest BCUT2D eigenvalue weighted by atomic mass is 35.5. The van der Waals surface area contributed by atoms with E-state index < -0.39 is 5.97 Å². The van der Waals surface area contributed by atoms with Crippen LogP contribution in [0.1, 0.15) is 46.9 Å². The van der Waals surface area contributed by atoms with Crippen molar-refractivity contribution in [2.24, 2.45) is 5.16 Å². The number of hydrogen-bond donors (Lipinski definition) is 1. The van der Waals surface area contributed by atoms with Crippen LogP contribution in [0.2, 0.25) is 5.02 Å². The number of halogens is 1. The van der Waals surface area contributed by atoms with E-state index in [-0.39, 0.29) is 11.5 Å². The summed E-state index contributed by atoms with van der Waals surface area (Å²) in [6.07, 6.45) is 0. The molecule has 0 spiro atoms. The summed E-state index contributed by atoms with van der Waals surface area (Å²) in [6, 6.07) is 10.8. The van der Waals surface area contributed by atoms with Crippen LogP contribution in [-0.2, 0) is 10.3 Å². The Morgan fingerprint density at radius 2 is 1.93 bits per heavy atom. The number of hydrazine groups is 1. The molecule has 2 aromatic rings. The van der Waals surface area contributed by atoms with Crippen LogP contribution in [0.25, 0.3) is 0 Å². The van der Waals surface area contributed by atoms with Crippen molar-refractivity contribution in [2.45, 2.75) is 32.2 Å². The lowest BCUT2D eigenvalue weighted by Gasteiger charge is -2.33. The predicted molar refractivity (Wildman–Crippen MR) is 121 cm³/mol. The van der Waals surface area contributed by atoms with Crippen molar-refractivity contribution in [3.05, 3.63) is 56.7 Å². The highest BCUT2D eigenvalue weighted by Crippen LogP contribution is 2.31. The summed E-state index contributed by atoms with van der Waals surface area (Å²) in [5, 5.41) is 7.08. The molecule has 2 heterocycles. The van der Waals surface area contributed by atoms with Crippen LogP contribution in [-0.4, -0.2) is 27.4 Å². The van der Waals surface area contributed by atoms with Gasteiger partial charge >= 0.3 is 5.97 Å². The average molecular weight is 454 g/mol. The van der Waals surface area contributed by atoms with Crippen molar-refractivity contribution in [3.63, 3.8) is 0 Å². The molecule has 1 aliphatic heterocycles. The van der Waals surface area contributed by atoms with Crippen molar-refractivity contribution in [1.29, 1.82) is 0 Å². The van der Waals surface area contributed by atoms with Gasteiger partial charge in [-0.25, -0.2) is 10.2 Å². The smallest absolute Gasteiger partial charge is 0.311 e. The molecule has 1 saturated heterocycles. The van der Waals surface area contributed by atoms with Gasteiger partial charge in [-0.15, -0.1) is 11.3 Å². The second-order valence-corrected chi connectivity index (χ2v) is 10.4. The van der Waals surface area contributed by atoms with Gasteiger partial charge in [0.1, 0.15) is 16.0 Å². The van der Waals surface area contributed by atoms with E-state index in [9.17, 15) is 4.79 Å². The van der Waals surface area contributed by atoms with Crippen LogP contribution in [0.3, 0.4) is 0 Å². The fourth-order valence-electron chi connectivity index (χ4n) is 2.44.